The Morgan fingerprint density at radius 2 is 2.54 bits per heavy atom. The van der Waals surface area contributed by atoms with Crippen LogP contribution in [0.25, 0.3) is 0 Å². The zero-order valence-corrected chi connectivity index (χ0v) is 8.88. The Morgan fingerprint density at radius 1 is 1.69 bits per heavy atom. The fourth-order valence-electron chi connectivity index (χ4n) is 1.11. The molecule has 0 spiro atoms. The fourth-order valence-corrected chi connectivity index (χ4v) is 1.68. The average Bonchev–Trinajstić information content (AvgIpc) is 2.53. The molecule has 2 heterocycles. The third kappa shape index (κ3) is 1.89. The molecule has 1 aliphatic heterocycles. The number of rotatable bonds is 1. The Balaban J connectivity index is 2.21. The summed E-state index contributed by atoms with van der Waals surface area (Å²) < 4.78 is 0.911. The molecule has 1 aromatic rings. The molecule has 70 valence electrons. The lowest BCUT2D eigenvalue weighted by Crippen LogP contribution is -2.22. The maximum Gasteiger partial charge on any atom is 0.169 e. The molecule has 0 bridgehead atoms. The summed E-state index contributed by atoms with van der Waals surface area (Å²) in [5, 5.41) is 10.8. The smallest absolute Gasteiger partial charge is 0.169 e. The molecule has 2 rings (SSSR count). The summed E-state index contributed by atoms with van der Waals surface area (Å²) in [4.78, 5) is 13.2. The molecule has 1 aliphatic rings. The number of aliphatic hydroxyl groups excluding tert-OH is 1. The van der Waals surface area contributed by atoms with E-state index in [2.05, 4.69) is 32.6 Å². The molecular weight excluding hydrogens is 285 g/mol. The average molecular weight is 293 g/mol. The van der Waals surface area contributed by atoms with Gasteiger partial charge in [-0.1, -0.05) is 0 Å². The van der Waals surface area contributed by atoms with Crippen LogP contribution in [0.5, 0.6) is 0 Å². The second-order valence-electron chi connectivity index (χ2n) is 2.70. The van der Waals surface area contributed by atoms with Crippen LogP contribution < -0.4 is 5.06 Å². The first-order valence-corrected chi connectivity index (χ1v) is 4.89. The van der Waals surface area contributed by atoms with E-state index >= 15 is 0 Å². The number of hydrogen-bond donors (Lipinski definition) is 1. The molecule has 5 nitrogen and oxygen atoms in total. The minimum absolute atomic E-state index is 0.333. The van der Waals surface area contributed by atoms with E-state index in [1.807, 2.05) is 0 Å². The Hall–Kier alpha value is -0.470. The van der Waals surface area contributed by atoms with Gasteiger partial charge in [-0.3, -0.25) is 4.84 Å². The number of hydrogen-bond acceptors (Lipinski definition) is 5. The highest BCUT2D eigenvalue weighted by atomic mass is 127. The van der Waals surface area contributed by atoms with Crippen LogP contribution in [-0.4, -0.2) is 34.3 Å². The predicted octanol–water partition coefficient (Wildman–Crippen LogP) is 0.194. The highest BCUT2D eigenvalue weighted by molar-refractivity contribution is 14.1. The molecule has 1 atom stereocenters. The van der Waals surface area contributed by atoms with Crippen molar-refractivity contribution >= 4 is 28.4 Å². The Morgan fingerprint density at radius 3 is 3.15 bits per heavy atom. The number of aliphatic hydroxyl groups is 1. The van der Waals surface area contributed by atoms with Gasteiger partial charge in [0.25, 0.3) is 0 Å². The molecule has 1 fully saturated rings. The van der Waals surface area contributed by atoms with E-state index in [1.165, 1.54) is 6.33 Å². The zero-order chi connectivity index (χ0) is 9.26. The van der Waals surface area contributed by atoms with Gasteiger partial charge in [0, 0.05) is 6.20 Å². The van der Waals surface area contributed by atoms with Gasteiger partial charge in [0.05, 0.1) is 16.2 Å². The molecule has 0 aliphatic carbocycles. The Labute approximate surface area is 88.8 Å². The van der Waals surface area contributed by atoms with Crippen molar-refractivity contribution in [3.8, 4) is 0 Å². The molecule has 1 unspecified atom stereocenters. The van der Waals surface area contributed by atoms with E-state index in [4.69, 9.17) is 4.84 Å². The lowest BCUT2D eigenvalue weighted by atomic mass is 10.4. The molecule has 0 amide bonds. The molecular formula is C7H8IN3O2. The van der Waals surface area contributed by atoms with Crippen LogP contribution in [0.2, 0.25) is 0 Å². The first-order valence-electron chi connectivity index (χ1n) is 3.81. The second-order valence-corrected chi connectivity index (χ2v) is 3.87. The van der Waals surface area contributed by atoms with Crippen molar-refractivity contribution in [2.24, 2.45) is 0 Å². The Kier molecular flexibility index (Phi) is 2.61. The van der Waals surface area contributed by atoms with E-state index < -0.39 is 6.10 Å². The monoisotopic (exact) mass is 293 g/mol. The van der Waals surface area contributed by atoms with Gasteiger partial charge in [0.15, 0.2) is 5.82 Å². The van der Waals surface area contributed by atoms with E-state index in [-0.39, 0.29) is 0 Å². The topological polar surface area (TPSA) is 58.5 Å². The number of nitrogens with zero attached hydrogens (tertiary/aromatic N) is 3. The van der Waals surface area contributed by atoms with Gasteiger partial charge in [0.2, 0.25) is 0 Å². The van der Waals surface area contributed by atoms with Crippen molar-refractivity contribution in [1.82, 2.24) is 9.97 Å². The molecule has 1 aromatic heterocycles. The van der Waals surface area contributed by atoms with Gasteiger partial charge in [-0.15, -0.1) is 0 Å². The molecule has 6 heteroatoms. The van der Waals surface area contributed by atoms with E-state index in [0.29, 0.717) is 19.0 Å². The highest BCUT2D eigenvalue weighted by Gasteiger charge is 2.24. The third-order valence-electron chi connectivity index (χ3n) is 1.68. The van der Waals surface area contributed by atoms with Crippen LogP contribution >= 0.6 is 22.6 Å². The number of halogens is 1. The number of anilines is 1. The summed E-state index contributed by atoms with van der Waals surface area (Å²) in [6.07, 6.45) is 2.74. The molecule has 1 N–H and O–H groups in total. The number of β-amino-alcohol motifs (C(OH)–C–C–N with tert-alkyl or cyclic N) is 1. The zero-order valence-electron chi connectivity index (χ0n) is 6.72. The minimum atomic E-state index is -0.425. The lowest BCUT2D eigenvalue weighted by molar-refractivity contribution is 0.115. The van der Waals surface area contributed by atoms with Gasteiger partial charge in [-0.2, -0.15) is 0 Å². The molecule has 0 radical (unpaired) electrons. The molecule has 1 saturated heterocycles. The second kappa shape index (κ2) is 3.72. The lowest BCUT2D eigenvalue weighted by Gasteiger charge is -2.14. The van der Waals surface area contributed by atoms with Crippen LogP contribution in [-0.2, 0) is 4.84 Å². The van der Waals surface area contributed by atoms with E-state index in [9.17, 15) is 5.11 Å². The van der Waals surface area contributed by atoms with Crippen LogP contribution in [0.15, 0.2) is 12.5 Å². The third-order valence-corrected chi connectivity index (χ3v) is 2.44. The standard InChI is InChI=1S/C7H8IN3O2/c8-6-1-9-4-10-7(6)11-2-5(12)3-13-11/h1,4-5,12H,2-3H2. The van der Waals surface area contributed by atoms with Crippen LogP contribution in [0.4, 0.5) is 5.82 Å². The van der Waals surface area contributed by atoms with Gasteiger partial charge in [-0.05, 0) is 22.6 Å². The van der Waals surface area contributed by atoms with Crippen molar-refractivity contribution in [3.63, 3.8) is 0 Å². The van der Waals surface area contributed by atoms with E-state index in [1.54, 1.807) is 11.3 Å². The van der Waals surface area contributed by atoms with Crippen molar-refractivity contribution in [2.75, 3.05) is 18.2 Å². The van der Waals surface area contributed by atoms with Gasteiger partial charge < -0.3 is 5.11 Å². The van der Waals surface area contributed by atoms with Crippen LogP contribution in [0, 0.1) is 3.57 Å². The van der Waals surface area contributed by atoms with Crippen molar-refractivity contribution in [1.29, 1.82) is 0 Å². The summed E-state index contributed by atoms with van der Waals surface area (Å²) in [5.41, 5.74) is 0. The Bertz CT molecular complexity index is 310. The normalized spacial score (nSPS) is 22.3. The molecule has 13 heavy (non-hydrogen) atoms. The predicted molar refractivity (Wildman–Crippen MR) is 54.1 cm³/mol. The summed E-state index contributed by atoms with van der Waals surface area (Å²) in [5.74, 6) is 0.715. The summed E-state index contributed by atoms with van der Waals surface area (Å²) >= 11 is 2.13. The summed E-state index contributed by atoms with van der Waals surface area (Å²) in [7, 11) is 0. The minimum Gasteiger partial charge on any atom is -0.389 e. The van der Waals surface area contributed by atoms with Gasteiger partial charge >= 0.3 is 0 Å². The van der Waals surface area contributed by atoms with Crippen molar-refractivity contribution in [2.45, 2.75) is 6.10 Å². The maximum atomic E-state index is 9.24. The molecule has 0 aromatic carbocycles. The SMILES string of the molecule is OC1CON(c2ncncc2I)C1. The first kappa shape index (κ1) is 9.10. The van der Waals surface area contributed by atoms with Crippen molar-refractivity contribution in [3.05, 3.63) is 16.1 Å². The molecule has 0 saturated carbocycles. The number of aromatic nitrogens is 2. The first-order chi connectivity index (χ1) is 6.27. The number of hydroxylamine groups is 1. The van der Waals surface area contributed by atoms with Crippen LogP contribution in [0.3, 0.4) is 0 Å². The quantitative estimate of drug-likeness (QED) is 0.749. The maximum absolute atomic E-state index is 9.24. The van der Waals surface area contributed by atoms with Crippen molar-refractivity contribution < 1.29 is 9.94 Å². The summed E-state index contributed by atoms with van der Waals surface area (Å²) in [6, 6.07) is 0. The largest absolute Gasteiger partial charge is 0.389 e. The summed E-state index contributed by atoms with van der Waals surface area (Å²) in [6.45, 7) is 0.799. The van der Waals surface area contributed by atoms with Gasteiger partial charge in [-0.25, -0.2) is 15.0 Å². The van der Waals surface area contributed by atoms with E-state index in [0.717, 1.165) is 3.57 Å². The van der Waals surface area contributed by atoms with Gasteiger partial charge in [0.1, 0.15) is 12.9 Å². The fraction of sp³-hybridized carbons (Fsp3) is 0.429. The highest BCUT2D eigenvalue weighted by Crippen LogP contribution is 2.21. The van der Waals surface area contributed by atoms with Crippen LogP contribution in [0.1, 0.15) is 0 Å².